The highest BCUT2D eigenvalue weighted by molar-refractivity contribution is 5.13. The SMILES string of the molecule is CC(CCOCc1ccccc1)C1CCCN1. The van der Waals surface area contributed by atoms with Gasteiger partial charge < -0.3 is 10.1 Å². The number of benzene rings is 1. The Bertz CT molecular complexity index is 306. The van der Waals surface area contributed by atoms with Gasteiger partial charge in [0, 0.05) is 12.6 Å². The summed E-state index contributed by atoms with van der Waals surface area (Å²) >= 11 is 0. The normalized spacial score (nSPS) is 21.6. The molecule has 2 rings (SSSR count). The molecule has 94 valence electrons. The molecule has 2 atom stereocenters. The van der Waals surface area contributed by atoms with Gasteiger partial charge in [-0.05, 0) is 37.3 Å². The summed E-state index contributed by atoms with van der Waals surface area (Å²) in [6.07, 6.45) is 3.82. The molecule has 1 saturated heterocycles. The monoisotopic (exact) mass is 233 g/mol. The van der Waals surface area contributed by atoms with Crippen LogP contribution < -0.4 is 5.32 Å². The van der Waals surface area contributed by atoms with Gasteiger partial charge in [0.2, 0.25) is 0 Å². The van der Waals surface area contributed by atoms with Gasteiger partial charge in [-0.15, -0.1) is 0 Å². The predicted octanol–water partition coefficient (Wildman–Crippen LogP) is 2.98. The van der Waals surface area contributed by atoms with Gasteiger partial charge in [0.15, 0.2) is 0 Å². The van der Waals surface area contributed by atoms with E-state index in [9.17, 15) is 0 Å². The lowest BCUT2D eigenvalue weighted by Gasteiger charge is -2.19. The minimum Gasteiger partial charge on any atom is -0.377 e. The van der Waals surface area contributed by atoms with Crippen molar-refractivity contribution in [2.75, 3.05) is 13.2 Å². The summed E-state index contributed by atoms with van der Waals surface area (Å²) in [5, 5.41) is 3.56. The van der Waals surface area contributed by atoms with E-state index in [-0.39, 0.29) is 0 Å². The molecule has 0 bridgehead atoms. The number of ether oxygens (including phenoxy) is 1. The standard InChI is InChI=1S/C15H23NO/c1-13(15-8-5-10-16-15)9-11-17-12-14-6-3-2-4-7-14/h2-4,6-7,13,15-16H,5,8-12H2,1H3. The Morgan fingerprint density at radius 2 is 2.18 bits per heavy atom. The van der Waals surface area contributed by atoms with Gasteiger partial charge in [0.05, 0.1) is 6.61 Å². The molecular weight excluding hydrogens is 210 g/mol. The molecule has 0 radical (unpaired) electrons. The summed E-state index contributed by atoms with van der Waals surface area (Å²) in [5.41, 5.74) is 1.26. The Morgan fingerprint density at radius 1 is 1.35 bits per heavy atom. The van der Waals surface area contributed by atoms with E-state index in [0.29, 0.717) is 0 Å². The smallest absolute Gasteiger partial charge is 0.0716 e. The predicted molar refractivity (Wildman–Crippen MR) is 70.9 cm³/mol. The number of nitrogens with one attached hydrogen (secondary N) is 1. The first-order chi connectivity index (χ1) is 8.36. The molecule has 0 aliphatic carbocycles. The zero-order valence-corrected chi connectivity index (χ0v) is 10.7. The van der Waals surface area contributed by atoms with E-state index < -0.39 is 0 Å². The second-order valence-corrected chi connectivity index (χ2v) is 5.01. The Labute approximate surface area is 104 Å². The van der Waals surface area contributed by atoms with Crippen LogP contribution in [0.1, 0.15) is 31.7 Å². The van der Waals surface area contributed by atoms with Crippen LogP contribution in [0.4, 0.5) is 0 Å². The third-order valence-corrected chi connectivity index (χ3v) is 3.61. The van der Waals surface area contributed by atoms with Crippen molar-refractivity contribution in [3.05, 3.63) is 35.9 Å². The van der Waals surface area contributed by atoms with Crippen LogP contribution in [0.2, 0.25) is 0 Å². The maximum Gasteiger partial charge on any atom is 0.0716 e. The van der Waals surface area contributed by atoms with Crippen LogP contribution in [0.3, 0.4) is 0 Å². The first-order valence-corrected chi connectivity index (χ1v) is 6.71. The molecule has 1 aliphatic rings. The van der Waals surface area contributed by atoms with Gasteiger partial charge in [0.25, 0.3) is 0 Å². The van der Waals surface area contributed by atoms with Crippen molar-refractivity contribution in [3.63, 3.8) is 0 Å². The van der Waals surface area contributed by atoms with Crippen LogP contribution >= 0.6 is 0 Å². The Hall–Kier alpha value is -0.860. The highest BCUT2D eigenvalue weighted by Crippen LogP contribution is 2.17. The van der Waals surface area contributed by atoms with Gasteiger partial charge in [-0.25, -0.2) is 0 Å². The van der Waals surface area contributed by atoms with Gasteiger partial charge in [-0.3, -0.25) is 0 Å². The van der Waals surface area contributed by atoms with Gasteiger partial charge in [-0.2, -0.15) is 0 Å². The lowest BCUT2D eigenvalue weighted by Crippen LogP contribution is -2.29. The average molecular weight is 233 g/mol. The molecule has 0 saturated carbocycles. The van der Waals surface area contributed by atoms with Crippen molar-refractivity contribution in [2.45, 2.75) is 38.8 Å². The molecule has 2 unspecified atom stereocenters. The summed E-state index contributed by atoms with van der Waals surface area (Å²) in [4.78, 5) is 0. The van der Waals surface area contributed by atoms with Crippen LogP contribution in [-0.2, 0) is 11.3 Å². The summed E-state index contributed by atoms with van der Waals surface area (Å²) in [7, 11) is 0. The summed E-state index contributed by atoms with van der Waals surface area (Å²) < 4.78 is 5.72. The van der Waals surface area contributed by atoms with Gasteiger partial charge in [0.1, 0.15) is 0 Å². The van der Waals surface area contributed by atoms with Crippen molar-refractivity contribution < 1.29 is 4.74 Å². The van der Waals surface area contributed by atoms with Crippen molar-refractivity contribution in [1.82, 2.24) is 5.32 Å². The maximum absolute atomic E-state index is 5.72. The molecule has 17 heavy (non-hydrogen) atoms. The number of rotatable bonds is 6. The highest BCUT2D eigenvalue weighted by Gasteiger charge is 2.20. The largest absolute Gasteiger partial charge is 0.377 e. The van der Waals surface area contributed by atoms with E-state index in [1.54, 1.807) is 0 Å². The molecule has 1 fully saturated rings. The molecule has 1 aliphatic heterocycles. The lowest BCUT2D eigenvalue weighted by molar-refractivity contribution is 0.105. The first-order valence-electron chi connectivity index (χ1n) is 6.71. The second-order valence-electron chi connectivity index (χ2n) is 5.01. The first kappa shape index (κ1) is 12.6. The van der Waals surface area contributed by atoms with E-state index in [4.69, 9.17) is 4.74 Å². The molecule has 0 spiro atoms. The van der Waals surface area contributed by atoms with Crippen molar-refractivity contribution in [3.8, 4) is 0 Å². The molecule has 1 aromatic carbocycles. The fourth-order valence-electron chi connectivity index (χ4n) is 2.43. The lowest BCUT2D eigenvalue weighted by atomic mass is 9.97. The second kappa shape index (κ2) is 6.77. The summed E-state index contributed by atoms with van der Waals surface area (Å²) in [6.45, 7) is 5.13. The molecule has 2 nitrogen and oxygen atoms in total. The van der Waals surface area contributed by atoms with Crippen molar-refractivity contribution >= 4 is 0 Å². The van der Waals surface area contributed by atoms with Gasteiger partial charge in [-0.1, -0.05) is 37.3 Å². The Kier molecular flexibility index (Phi) is 5.02. The van der Waals surface area contributed by atoms with Crippen molar-refractivity contribution in [1.29, 1.82) is 0 Å². The molecule has 1 N–H and O–H groups in total. The summed E-state index contributed by atoms with van der Waals surface area (Å²) in [6, 6.07) is 11.1. The molecule has 2 heteroatoms. The van der Waals surface area contributed by atoms with E-state index in [1.807, 2.05) is 6.07 Å². The van der Waals surface area contributed by atoms with Crippen molar-refractivity contribution in [2.24, 2.45) is 5.92 Å². The zero-order valence-electron chi connectivity index (χ0n) is 10.7. The number of hydrogen-bond donors (Lipinski definition) is 1. The molecule has 1 aromatic rings. The van der Waals surface area contributed by atoms with Crippen LogP contribution in [0.5, 0.6) is 0 Å². The van der Waals surface area contributed by atoms with Crippen LogP contribution in [-0.4, -0.2) is 19.2 Å². The third-order valence-electron chi connectivity index (χ3n) is 3.61. The molecule has 0 aromatic heterocycles. The average Bonchev–Trinajstić information content (AvgIpc) is 2.89. The van der Waals surface area contributed by atoms with Crippen LogP contribution in [0.25, 0.3) is 0 Å². The third kappa shape index (κ3) is 4.14. The Balaban J connectivity index is 1.59. The minimum atomic E-state index is 0.718. The van der Waals surface area contributed by atoms with E-state index in [1.165, 1.54) is 24.9 Å². The van der Waals surface area contributed by atoms with Crippen LogP contribution in [0.15, 0.2) is 30.3 Å². The molecule has 1 heterocycles. The van der Waals surface area contributed by atoms with Gasteiger partial charge >= 0.3 is 0 Å². The topological polar surface area (TPSA) is 21.3 Å². The fourth-order valence-corrected chi connectivity index (χ4v) is 2.43. The zero-order chi connectivity index (χ0) is 11.9. The maximum atomic E-state index is 5.72. The molecule has 0 amide bonds. The highest BCUT2D eigenvalue weighted by atomic mass is 16.5. The Morgan fingerprint density at radius 3 is 2.88 bits per heavy atom. The van der Waals surface area contributed by atoms with Crippen LogP contribution in [0, 0.1) is 5.92 Å². The summed E-state index contributed by atoms with van der Waals surface area (Å²) in [5.74, 6) is 0.730. The van der Waals surface area contributed by atoms with E-state index in [0.717, 1.165) is 31.6 Å². The minimum absolute atomic E-state index is 0.718. The fraction of sp³-hybridized carbons (Fsp3) is 0.600. The van der Waals surface area contributed by atoms with E-state index in [2.05, 4.69) is 36.5 Å². The molecular formula is C15H23NO. The quantitative estimate of drug-likeness (QED) is 0.763. The number of hydrogen-bond acceptors (Lipinski definition) is 2. The van der Waals surface area contributed by atoms with E-state index >= 15 is 0 Å².